The van der Waals surface area contributed by atoms with E-state index in [1.165, 1.54) is 5.56 Å². The lowest BCUT2D eigenvalue weighted by atomic mass is 10.1. The summed E-state index contributed by atoms with van der Waals surface area (Å²) in [5, 5.41) is 11.0. The van der Waals surface area contributed by atoms with Crippen LogP contribution in [-0.4, -0.2) is 19.2 Å². The largest absolute Gasteiger partial charge is 0.497 e. The van der Waals surface area contributed by atoms with Crippen LogP contribution >= 0.6 is 47.5 Å². The number of hydrogen-bond acceptors (Lipinski definition) is 6. The molecule has 0 aliphatic heterocycles. The Morgan fingerprint density at radius 3 is 2.58 bits per heavy atom. The Kier molecular flexibility index (Phi) is 9.98. The summed E-state index contributed by atoms with van der Waals surface area (Å²) in [5.41, 5.74) is 2.40. The number of methoxy groups -OCH3 is 2. The highest BCUT2D eigenvalue weighted by molar-refractivity contribution is 7.09. The van der Waals surface area contributed by atoms with Gasteiger partial charge < -0.3 is 14.8 Å². The summed E-state index contributed by atoms with van der Waals surface area (Å²) < 4.78 is 10.8. The minimum absolute atomic E-state index is 0. The van der Waals surface area contributed by atoms with Gasteiger partial charge in [-0.1, -0.05) is 0 Å². The van der Waals surface area contributed by atoms with E-state index in [1.807, 2.05) is 29.8 Å². The fourth-order valence-corrected chi connectivity index (χ4v) is 3.95. The summed E-state index contributed by atoms with van der Waals surface area (Å²) in [6.45, 7) is 0.689. The third-order valence-corrected chi connectivity index (χ3v) is 5.42. The van der Waals surface area contributed by atoms with Gasteiger partial charge in [0.25, 0.3) is 0 Å². The lowest BCUT2D eigenvalue weighted by Crippen LogP contribution is -2.23. The average molecular weight is 433 g/mol. The van der Waals surface area contributed by atoms with Crippen molar-refractivity contribution in [1.29, 1.82) is 0 Å². The van der Waals surface area contributed by atoms with Crippen LogP contribution in [0.25, 0.3) is 0 Å². The van der Waals surface area contributed by atoms with E-state index in [0.29, 0.717) is 6.54 Å². The molecular weight excluding hydrogens is 411 g/mol. The van der Waals surface area contributed by atoms with Gasteiger partial charge >= 0.3 is 0 Å². The summed E-state index contributed by atoms with van der Waals surface area (Å²) in [5.74, 6) is 1.69. The van der Waals surface area contributed by atoms with Crippen LogP contribution in [0, 0.1) is 0 Å². The topological polar surface area (TPSA) is 43.4 Å². The number of halogens is 2. The molecule has 1 unspecified atom stereocenters. The van der Waals surface area contributed by atoms with Gasteiger partial charge in [-0.15, -0.1) is 36.2 Å². The van der Waals surface area contributed by atoms with Crippen LogP contribution in [-0.2, 0) is 13.0 Å². The average Bonchev–Trinajstić information content (AvgIpc) is 3.31. The van der Waals surface area contributed by atoms with Gasteiger partial charge in [0.2, 0.25) is 0 Å². The Labute approximate surface area is 174 Å². The van der Waals surface area contributed by atoms with E-state index >= 15 is 0 Å². The first kappa shape index (κ1) is 22.7. The molecule has 2 aromatic heterocycles. The second-order valence-corrected chi connectivity index (χ2v) is 7.02. The minimum Gasteiger partial charge on any atom is -0.497 e. The van der Waals surface area contributed by atoms with Gasteiger partial charge in [0.15, 0.2) is 0 Å². The maximum atomic E-state index is 5.47. The zero-order chi connectivity index (χ0) is 16.8. The number of thiazole rings is 1. The molecule has 0 bridgehead atoms. The second kappa shape index (κ2) is 11.4. The smallest absolute Gasteiger partial charge is 0.123 e. The number of rotatable bonds is 8. The number of ether oxygens (including phenoxy) is 2. The van der Waals surface area contributed by atoms with Crippen molar-refractivity contribution in [2.45, 2.75) is 19.0 Å². The Bertz CT molecular complexity index is 753. The van der Waals surface area contributed by atoms with Crippen LogP contribution in [0.3, 0.4) is 0 Å². The first-order chi connectivity index (χ1) is 11.8. The Balaban J connectivity index is 0.00000169. The molecule has 0 aliphatic carbocycles. The van der Waals surface area contributed by atoms with Crippen molar-refractivity contribution in [3.63, 3.8) is 0 Å². The number of nitrogens with zero attached hydrogens (tertiary/aromatic N) is 1. The first-order valence-electron chi connectivity index (χ1n) is 7.65. The molecule has 1 atom stereocenters. The standard InChI is InChI=1S/C18H20N2O2S2.2ClH/c1-21-15-3-4-17(22-2)14(10-15)11-20-16(18-19-6-8-24-18)9-13-5-7-23-12-13;;/h3-8,10,12,16,20H,9,11H2,1-2H3;2*1H. The van der Waals surface area contributed by atoms with E-state index < -0.39 is 0 Å². The van der Waals surface area contributed by atoms with Crippen molar-refractivity contribution in [3.8, 4) is 11.5 Å². The van der Waals surface area contributed by atoms with E-state index in [-0.39, 0.29) is 30.9 Å². The molecule has 26 heavy (non-hydrogen) atoms. The monoisotopic (exact) mass is 432 g/mol. The fourth-order valence-electron chi connectivity index (χ4n) is 2.55. The summed E-state index contributed by atoms with van der Waals surface area (Å²) in [7, 11) is 3.36. The zero-order valence-corrected chi connectivity index (χ0v) is 17.8. The van der Waals surface area contributed by atoms with Crippen LogP contribution in [0.4, 0.5) is 0 Å². The number of hydrogen-bond donors (Lipinski definition) is 1. The molecule has 0 amide bonds. The van der Waals surface area contributed by atoms with E-state index in [1.54, 1.807) is 36.9 Å². The van der Waals surface area contributed by atoms with E-state index in [4.69, 9.17) is 9.47 Å². The van der Waals surface area contributed by atoms with Gasteiger partial charge in [0.1, 0.15) is 16.5 Å². The predicted octanol–water partition coefficient (Wildman–Crippen LogP) is 5.14. The molecule has 0 fully saturated rings. The van der Waals surface area contributed by atoms with Gasteiger partial charge in [-0.25, -0.2) is 4.98 Å². The van der Waals surface area contributed by atoms with Crippen LogP contribution < -0.4 is 14.8 Å². The van der Waals surface area contributed by atoms with Crippen molar-refractivity contribution in [3.05, 3.63) is 62.7 Å². The molecule has 0 saturated heterocycles. The van der Waals surface area contributed by atoms with Gasteiger partial charge in [0, 0.05) is 23.7 Å². The summed E-state index contributed by atoms with van der Waals surface area (Å²) in [6.07, 6.45) is 2.78. The van der Waals surface area contributed by atoms with Gasteiger partial charge in [-0.05, 0) is 47.0 Å². The number of benzene rings is 1. The Morgan fingerprint density at radius 2 is 1.96 bits per heavy atom. The lowest BCUT2D eigenvalue weighted by molar-refractivity contribution is 0.395. The molecule has 142 valence electrons. The predicted molar refractivity (Wildman–Crippen MR) is 114 cm³/mol. The lowest BCUT2D eigenvalue weighted by Gasteiger charge is -2.18. The highest BCUT2D eigenvalue weighted by Crippen LogP contribution is 2.26. The van der Waals surface area contributed by atoms with Crippen LogP contribution in [0.5, 0.6) is 11.5 Å². The van der Waals surface area contributed by atoms with E-state index in [2.05, 4.69) is 27.1 Å². The second-order valence-electron chi connectivity index (χ2n) is 5.32. The van der Waals surface area contributed by atoms with Gasteiger partial charge in [-0.2, -0.15) is 11.3 Å². The van der Waals surface area contributed by atoms with Crippen LogP contribution in [0.2, 0.25) is 0 Å². The third kappa shape index (κ3) is 5.86. The molecule has 3 rings (SSSR count). The van der Waals surface area contributed by atoms with Crippen LogP contribution in [0.15, 0.2) is 46.6 Å². The zero-order valence-electron chi connectivity index (χ0n) is 14.5. The minimum atomic E-state index is 0. The molecule has 0 spiro atoms. The maximum Gasteiger partial charge on any atom is 0.123 e. The first-order valence-corrected chi connectivity index (χ1v) is 9.47. The maximum absolute atomic E-state index is 5.47. The van der Waals surface area contributed by atoms with Crippen molar-refractivity contribution in [2.24, 2.45) is 0 Å². The quantitative estimate of drug-likeness (QED) is 0.534. The highest BCUT2D eigenvalue weighted by Gasteiger charge is 2.16. The van der Waals surface area contributed by atoms with E-state index in [0.717, 1.165) is 28.5 Å². The molecule has 4 nitrogen and oxygen atoms in total. The highest BCUT2D eigenvalue weighted by atomic mass is 35.5. The molecular formula is C18H22Cl2N2O2S2. The van der Waals surface area contributed by atoms with Gasteiger partial charge in [0.05, 0.1) is 20.3 Å². The third-order valence-electron chi connectivity index (χ3n) is 3.80. The number of nitrogens with one attached hydrogen (secondary N) is 1. The molecule has 2 heterocycles. The summed E-state index contributed by atoms with van der Waals surface area (Å²) in [6, 6.07) is 8.20. The molecule has 1 N–H and O–H groups in total. The Hall–Kier alpha value is -1.31. The molecule has 0 radical (unpaired) electrons. The summed E-state index contributed by atoms with van der Waals surface area (Å²) >= 11 is 3.40. The van der Waals surface area contributed by atoms with Crippen molar-refractivity contribution in [2.75, 3.05) is 14.2 Å². The molecule has 3 aromatic rings. The van der Waals surface area contributed by atoms with Gasteiger partial charge in [-0.3, -0.25) is 0 Å². The van der Waals surface area contributed by atoms with Crippen molar-refractivity contribution >= 4 is 47.5 Å². The molecule has 0 aliphatic rings. The fraction of sp³-hybridized carbons (Fsp3) is 0.278. The summed E-state index contributed by atoms with van der Waals surface area (Å²) in [4.78, 5) is 4.49. The molecule has 0 saturated carbocycles. The number of thiophene rings is 1. The van der Waals surface area contributed by atoms with Crippen LogP contribution in [0.1, 0.15) is 22.2 Å². The number of aromatic nitrogens is 1. The SMILES string of the molecule is COc1ccc(OC)c(CNC(Cc2ccsc2)c2nccs2)c1.Cl.Cl. The Morgan fingerprint density at radius 1 is 1.12 bits per heavy atom. The normalized spacial score (nSPS) is 11.2. The van der Waals surface area contributed by atoms with Crippen molar-refractivity contribution in [1.82, 2.24) is 10.3 Å². The molecule has 8 heteroatoms. The van der Waals surface area contributed by atoms with E-state index in [9.17, 15) is 0 Å². The van der Waals surface area contributed by atoms with Crippen molar-refractivity contribution < 1.29 is 9.47 Å². The molecule has 1 aromatic carbocycles.